The van der Waals surface area contributed by atoms with Crippen molar-refractivity contribution >= 4 is 65.2 Å². The Kier molecular flexibility index (Phi) is 14.4. The average molecular weight is 836 g/mol. The zero-order valence-corrected chi connectivity index (χ0v) is 33.6. The van der Waals surface area contributed by atoms with Crippen LogP contribution in [0.2, 0.25) is 5.02 Å². The van der Waals surface area contributed by atoms with E-state index in [1.54, 1.807) is 12.1 Å². The summed E-state index contributed by atoms with van der Waals surface area (Å²) in [6.07, 6.45) is -1.83. The molecular formula is C36H45ClF3N3O8S3. The Morgan fingerprint density at radius 2 is 1.20 bits per heavy atom. The van der Waals surface area contributed by atoms with Crippen molar-refractivity contribution in [2.45, 2.75) is 69.0 Å². The molecule has 18 heteroatoms. The van der Waals surface area contributed by atoms with Gasteiger partial charge in [-0.2, -0.15) is 13.2 Å². The topological polar surface area (TPSA) is 158 Å². The van der Waals surface area contributed by atoms with Gasteiger partial charge in [-0.3, -0.25) is 9.59 Å². The Morgan fingerprint density at radius 3 is 1.65 bits per heavy atom. The van der Waals surface area contributed by atoms with E-state index >= 15 is 0 Å². The van der Waals surface area contributed by atoms with Crippen molar-refractivity contribution in [2.75, 3.05) is 48.6 Å². The summed E-state index contributed by atoms with van der Waals surface area (Å²) >= 11 is 7.15. The van der Waals surface area contributed by atoms with Crippen molar-refractivity contribution in [1.29, 1.82) is 0 Å². The number of hydrogen-bond donors (Lipinski definition) is 2. The zero-order valence-electron chi connectivity index (χ0n) is 30.4. The third kappa shape index (κ3) is 11.2. The number of thiazole rings is 1. The van der Waals surface area contributed by atoms with Gasteiger partial charge in [0.1, 0.15) is 9.49 Å². The van der Waals surface area contributed by atoms with Gasteiger partial charge in [0, 0.05) is 48.1 Å². The van der Waals surface area contributed by atoms with E-state index in [4.69, 9.17) is 21.1 Å². The number of nitrogens with one attached hydrogen (secondary N) is 2. The van der Waals surface area contributed by atoms with E-state index in [2.05, 4.69) is 15.6 Å². The number of ether oxygens (including phenoxy) is 2. The van der Waals surface area contributed by atoms with E-state index in [9.17, 15) is 39.6 Å². The number of sulfone groups is 2. The molecule has 2 aromatic carbocycles. The molecular weight excluding hydrogens is 791 g/mol. The van der Waals surface area contributed by atoms with Crippen LogP contribution in [-0.2, 0) is 44.9 Å². The van der Waals surface area contributed by atoms with Crippen LogP contribution >= 0.6 is 22.9 Å². The number of hydrogen-bond acceptors (Lipinski definition) is 10. The van der Waals surface area contributed by atoms with Gasteiger partial charge in [0.2, 0.25) is 11.8 Å². The molecule has 0 aliphatic carbocycles. The molecule has 3 aromatic rings. The lowest BCUT2D eigenvalue weighted by atomic mass is 10.0. The van der Waals surface area contributed by atoms with Gasteiger partial charge in [0.15, 0.2) is 24.8 Å². The van der Waals surface area contributed by atoms with Crippen LogP contribution in [0, 0.1) is 11.8 Å². The summed E-state index contributed by atoms with van der Waals surface area (Å²) < 4.78 is 96.1. The maximum atomic E-state index is 12.9. The fraction of sp³-hybridized carbons (Fsp3) is 0.528. The third-order valence-electron chi connectivity index (χ3n) is 9.58. The van der Waals surface area contributed by atoms with Crippen molar-refractivity contribution in [3.63, 3.8) is 0 Å². The maximum absolute atomic E-state index is 12.9. The number of halogens is 4. The fourth-order valence-corrected chi connectivity index (χ4v) is 9.75. The maximum Gasteiger partial charge on any atom is 0.416 e. The second kappa shape index (κ2) is 17.8. The van der Waals surface area contributed by atoms with Gasteiger partial charge in [-0.1, -0.05) is 23.7 Å². The van der Waals surface area contributed by atoms with Crippen LogP contribution in [0.1, 0.15) is 58.9 Å². The van der Waals surface area contributed by atoms with Crippen LogP contribution in [0.3, 0.4) is 0 Å². The number of amides is 2. The lowest BCUT2D eigenvalue weighted by molar-refractivity contribution is -0.137. The molecule has 298 valence electrons. The molecule has 0 atom stereocenters. The van der Waals surface area contributed by atoms with Crippen molar-refractivity contribution in [2.24, 2.45) is 11.8 Å². The molecule has 2 aliphatic heterocycles. The number of rotatable bonds is 11. The van der Waals surface area contributed by atoms with Crippen LogP contribution < -0.4 is 10.6 Å². The average Bonchev–Trinajstić information content (AvgIpc) is 3.57. The van der Waals surface area contributed by atoms with Crippen LogP contribution in [0.4, 0.5) is 24.0 Å². The molecule has 5 rings (SSSR count). The van der Waals surface area contributed by atoms with E-state index in [1.165, 1.54) is 39.0 Å². The van der Waals surface area contributed by atoms with Gasteiger partial charge < -0.3 is 20.1 Å². The number of carbonyl (C=O) groups excluding carboxylic acids is 2. The van der Waals surface area contributed by atoms with Crippen molar-refractivity contribution in [3.05, 3.63) is 64.5 Å². The minimum atomic E-state index is -4.48. The summed E-state index contributed by atoms with van der Waals surface area (Å²) in [4.78, 5) is 29.6. The van der Waals surface area contributed by atoms with Crippen LogP contribution in [0.15, 0.2) is 53.9 Å². The third-order valence-corrected chi connectivity index (χ3v) is 15.9. The molecule has 0 saturated carbocycles. The lowest BCUT2D eigenvalue weighted by Gasteiger charge is -2.28. The monoisotopic (exact) mass is 835 g/mol. The smallest absolute Gasteiger partial charge is 0.381 e. The summed E-state index contributed by atoms with van der Waals surface area (Å²) in [7, 11) is -7.39. The quantitative estimate of drug-likeness (QED) is 0.203. The lowest BCUT2D eigenvalue weighted by Crippen LogP contribution is -2.47. The zero-order chi connectivity index (χ0) is 40.0. The Morgan fingerprint density at radius 1 is 0.759 bits per heavy atom. The summed E-state index contributed by atoms with van der Waals surface area (Å²) in [6, 6.07) is 11.1. The second-order valence-corrected chi connectivity index (χ2v) is 20.7. The SMILES string of the molecule is CC(C)(C(=O)Nc1ccc(C(F)(F)F)cc1)S(=O)(=O)CC1CCOCC1.CC(C)(C(=O)Nc1nc(-c2ccc(Cl)cc2)cs1)S(=O)(=O)CC1CCOCC1. The number of anilines is 2. The molecule has 0 radical (unpaired) electrons. The predicted octanol–water partition coefficient (Wildman–Crippen LogP) is 7.29. The first-order valence-electron chi connectivity index (χ1n) is 17.2. The Balaban J connectivity index is 0.000000241. The van der Waals surface area contributed by atoms with E-state index in [-0.39, 0.29) is 29.0 Å². The van der Waals surface area contributed by atoms with Crippen molar-refractivity contribution < 1.29 is 49.1 Å². The minimum absolute atomic E-state index is 0.00925. The van der Waals surface area contributed by atoms with Crippen molar-refractivity contribution in [3.8, 4) is 11.3 Å². The normalized spacial score (nSPS) is 16.6. The van der Waals surface area contributed by atoms with Gasteiger partial charge in [0.05, 0.1) is 22.8 Å². The van der Waals surface area contributed by atoms with E-state index < -0.39 is 52.7 Å². The molecule has 2 fully saturated rings. The number of benzene rings is 2. The standard InChI is InChI=1S/C19H23ClN2O4S2.C17H22F3NO4S/c1-19(2,28(24,25)12-13-7-9-26-10-8-13)17(23)22-18-21-16(11-27-18)14-3-5-15(20)6-4-14;1-16(2,26(23,24)11-12-7-9-25-10-8-12)15(22)21-14-5-3-13(4-6-14)17(18,19)20/h3-6,11,13H,7-10,12H2,1-2H3,(H,21,22,23);3-6,12H,7-11H2,1-2H3,(H,21,22). The minimum Gasteiger partial charge on any atom is -0.381 e. The first-order chi connectivity index (χ1) is 25.1. The molecule has 54 heavy (non-hydrogen) atoms. The summed E-state index contributed by atoms with van der Waals surface area (Å²) in [5.74, 6) is -1.51. The van der Waals surface area contributed by atoms with Crippen molar-refractivity contribution in [1.82, 2.24) is 4.98 Å². The Hall–Kier alpha value is -3.09. The van der Waals surface area contributed by atoms with Gasteiger partial charge in [0.25, 0.3) is 0 Å². The number of nitrogens with zero attached hydrogens (tertiary/aromatic N) is 1. The molecule has 11 nitrogen and oxygen atoms in total. The number of alkyl halides is 3. The van der Waals surface area contributed by atoms with Gasteiger partial charge in [-0.25, -0.2) is 21.8 Å². The van der Waals surface area contributed by atoms with Crippen LogP contribution in [0.5, 0.6) is 0 Å². The molecule has 3 heterocycles. The second-order valence-electron chi connectivity index (χ2n) is 14.2. The molecule has 0 bridgehead atoms. The van der Waals surface area contributed by atoms with Gasteiger partial charge in [-0.05, 0) is 102 Å². The molecule has 2 saturated heterocycles. The van der Waals surface area contributed by atoms with E-state index in [1.807, 2.05) is 17.5 Å². The van der Waals surface area contributed by atoms with Gasteiger partial charge in [-0.15, -0.1) is 11.3 Å². The first kappa shape index (κ1) is 43.6. The molecule has 2 aliphatic rings. The fourth-order valence-electron chi connectivity index (χ4n) is 5.50. The predicted molar refractivity (Wildman–Crippen MR) is 204 cm³/mol. The largest absolute Gasteiger partial charge is 0.416 e. The van der Waals surface area contributed by atoms with Crippen LogP contribution in [0.25, 0.3) is 11.3 Å². The summed E-state index contributed by atoms with van der Waals surface area (Å²) in [5.41, 5.74) is 0.826. The highest BCUT2D eigenvalue weighted by Crippen LogP contribution is 2.32. The number of carbonyl (C=O) groups is 2. The number of aromatic nitrogens is 1. The Labute approximate surface area is 323 Å². The first-order valence-corrected chi connectivity index (χ1v) is 21.8. The molecule has 0 unspecified atom stereocenters. The summed E-state index contributed by atoms with van der Waals surface area (Å²) in [6.45, 7) is 7.65. The molecule has 2 amide bonds. The highest BCUT2D eigenvalue weighted by molar-refractivity contribution is 7.93. The van der Waals surface area contributed by atoms with E-state index in [0.717, 1.165) is 29.8 Å². The summed E-state index contributed by atoms with van der Waals surface area (Å²) in [5, 5.41) is 7.86. The molecule has 0 spiro atoms. The Bertz CT molecular complexity index is 1960. The highest BCUT2D eigenvalue weighted by Gasteiger charge is 2.44. The highest BCUT2D eigenvalue weighted by atomic mass is 35.5. The molecule has 1 aromatic heterocycles. The molecule has 2 N–H and O–H groups in total. The van der Waals surface area contributed by atoms with Gasteiger partial charge >= 0.3 is 6.18 Å². The van der Waals surface area contributed by atoms with E-state index in [0.29, 0.717) is 68.0 Å². The van der Waals surface area contributed by atoms with Crippen LogP contribution in [-0.4, -0.2) is 81.1 Å².